The van der Waals surface area contributed by atoms with Crippen LogP contribution in [0.25, 0.3) is 0 Å². The van der Waals surface area contributed by atoms with Gasteiger partial charge in [-0.15, -0.1) is 0 Å². The molecule has 1 radical (unpaired) electrons. The summed E-state index contributed by atoms with van der Waals surface area (Å²) < 4.78 is 6.07. The largest absolute Gasteiger partial charge is 0.431 e. The molecule has 0 spiro atoms. The van der Waals surface area contributed by atoms with Gasteiger partial charge in [-0.25, -0.2) is 0 Å². The summed E-state index contributed by atoms with van der Waals surface area (Å²) in [6.07, 6.45) is 0. The minimum absolute atomic E-state index is 0.958. The van der Waals surface area contributed by atoms with Crippen LogP contribution in [0.15, 0.2) is 30.3 Å². The van der Waals surface area contributed by atoms with Crippen molar-refractivity contribution in [3.63, 3.8) is 0 Å². The molecule has 0 atom stereocenters. The highest BCUT2D eigenvalue weighted by molar-refractivity contribution is 6.81. The van der Waals surface area contributed by atoms with E-state index in [1.165, 1.54) is 0 Å². The van der Waals surface area contributed by atoms with Crippen LogP contribution in [0, 0.1) is 0 Å². The predicted molar refractivity (Wildman–Crippen MR) is 72.3 cm³/mol. The molecule has 89 valence electrons. The number of rotatable bonds is 6. The van der Waals surface area contributed by atoms with Crippen molar-refractivity contribution in [3.05, 3.63) is 30.3 Å². The highest BCUT2D eigenvalue weighted by Gasteiger charge is 2.33. The van der Waals surface area contributed by atoms with Crippen LogP contribution >= 0.6 is 0 Å². The number of benzene rings is 1. The second-order valence-electron chi connectivity index (χ2n) is 4.02. The molecule has 1 aromatic rings. The average molecular weight is 253 g/mol. The molecule has 1 aromatic carbocycles. The van der Waals surface area contributed by atoms with Crippen LogP contribution in [0.3, 0.4) is 0 Å². The van der Waals surface area contributed by atoms with Gasteiger partial charge in [-0.05, 0) is 23.3 Å². The summed E-state index contributed by atoms with van der Waals surface area (Å²) in [4.78, 5) is 10.2. The van der Waals surface area contributed by atoms with E-state index >= 15 is 0 Å². The van der Waals surface area contributed by atoms with Gasteiger partial charge in [0.1, 0.15) is 0 Å². The van der Waals surface area contributed by atoms with E-state index in [0.29, 0.717) is 0 Å². The zero-order chi connectivity index (χ0) is 12.0. The first-order valence-corrected chi connectivity index (χ1v) is 9.86. The van der Waals surface area contributed by atoms with Gasteiger partial charge in [-0.3, -0.25) is 0 Å². The monoisotopic (exact) mass is 253 g/mol. The summed E-state index contributed by atoms with van der Waals surface area (Å²) in [5, 5.41) is 0.958. The van der Waals surface area contributed by atoms with E-state index in [-0.39, 0.29) is 0 Å². The highest BCUT2D eigenvalue weighted by Crippen LogP contribution is 2.21. The van der Waals surface area contributed by atoms with Crippen LogP contribution < -0.4 is 5.19 Å². The van der Waals surface area contributed by atoms with Crippen molar-refractivity contribution in [2.75, 3.05) is 0 Å². The van der Waals surface area contributed by atoms with E-state index in [9.17, 15) is 4.80 Å². The molecule has 0 aliphatic carbocycles. The predicted octanol–water partition coefficient (Wildman–Crippen LogP) is 2.40. The first-order chi connectivity index (χ1) is 7.67. The van der Waals surface area contributed by atoms with Crippen LogP contribution in [0.1, 0.15) is 20.8 Å². The van der Waals surface area contributed by atoms with Gasteiger partial charge in [0.05, 0.1) is 0 Å². The van der Waals surface area contributed by atoms with Gasteiger partial charge in [0.25, 0.3) is 0 Å². The first kappa shape index (κ1) is 13.6. The van der Waals surface area contributed by atoms with Crippen molar-refractivity contribution in [3.8, 4) is 0 Å². The van der Waals surface area contributed by atoms with E-state index in [2.05, 4.69) is 20.8 Å². The fourth-order valence-electron chi connectivity index (χ4n) is 1.81. The van der Waals surface area contributed by atoms with Crippen LogP contribution in [0.4, 0.5) is 0 Å². The molecule has 0 aliphatic rings. The third-order valence-corrected chi connectivity index (χ3v) is 10.5. The van der Waals surface area contributed by atoms with Gasteiger partial charge >= 0.3 is 9.28 Å². The van der Waals surface area contributed by atoms with E-state index in [1.807, 2.05) is 30.3 Å². The fraction of sp³-hybridized carbons (Fsp3) is 0.500. The first-order valence-electron chi connectivity index (χ1n) is 5.97. The molecular formula is C12H21O2Si2. The quantitative estimate of drug-likeness (QED) is 0.789. The van der Waals surface area contributed by atoms with E-state index < -0.39 is 17.6 Å². The maximum absolute atomic E-state index is 10.2. The smallest absolute Gasteiger partial charge is 0.409 e. The van der Waals surface area contributed by atoms with Crippen LogP contribution in [0.2, 0.25) is 18.1 Å². The van der Waals surface area contributed by atoms with Crippen molar-refractivity contribution >= 4 is 22.8 Å². The van der Waals surface area contributed by atoms with Crippen molar-refractivity contribution in [2.45, 2.75) is 38.9 Å². The Bertz CT molecular complexity index is 291. The maximum atomic E-state index is 10.2. The van der Waals surface area contributed by atoms with Crippen molar-refractivity contribution < 1.29 is 8.91 Å². The van der Waals surface area contributed by atoms with E-state index in [0.717, 1.165) is 23.3 Å². The lowest BCUT2D eigenvalue weighted by molar-refractivity contribution is 0.420. The number of hydrogen-bond acceptors (Lipinski definition) is 2. The molecule has 0 amide bonds. The second-order valence-corrected chi connectivity index (χ2v) is 10.5. The summed E-state index contributed by atoms with van der Waals surface area (Å²) in [5.41, 5.74) is 0. The van der Waals surface area contributed by atoms with Crippen molar-refractivity contribution in [2.24, 2.45) is 0 Å². The van der Waals surface area contributed by atoms with Gasteiger partial charge < -0.3 is 8.91 Å². The minimum atomic E-state index is -1.80. The minimum Gasteiger partial charge on any atom is -0.431 e. The summed E-state index contributed by atoms with van der Waals surface area (Å²) in [6, 6.07) is 13.0. The number of hydrogen-bond donors (Lipinski definition) is 1. The second kappa shape index (κ2) is 6.34. The average Bonchev–Trinajstić information content (AvgIpc) is 2.37. The lowest BCUT2D eigenvalue weighted by Crippen LogP contribution is -2.47. The molecule has 0 bridgehead atoms. The fourth-order valence-corrected chi connectivity index (χ4v) is 7.63. The summed E-state index contributed by atoms with van der Waals surface area (Å²) >= 11 is 0. The van der Waals surface area contributed by atoms with Gasteiger partial charge in [0.2, 0.25) is 0 Å². The maximum Gasteiger partial charge on any atom is 0.409 e. The third kappa shape index (κ3) is 3.28. The molecular weight excluding hydrogens is 232 g/mol. The molecule has 0 aromatic heterocycles. The van der Waals surface area contributed by atoms with Crippen LogP contribution in [-0.2, 0) is 4.12 Å². The Kier molecular flexibility index (Phi) is 5.41. The lowest BCUT2D eigenvalue weighted by Gasteiger charge is -2.30. The third-order valence-electron chi connectivity index (χ3n) is 3.27. The standard InChI is InChI=1S/C12H21O2Si2/c1-4-16(5-2,6-3)14-15(13)12-10-8-7-9-11-12/h7-11,13H,4-6H2,1-3H3. The van der Waals surface area contributed by atoms with Gasteiger partial charge in [0, 0.05) is 0 Å². The highest BCUT2D eigenvalue weighted by atomic mass is 28.4. The molecule has 2 nitrogen and oxygen atoms in total. The molecule has 0 saturated heterocycles. The van der Waals surface area contributed by atoms with Gasteiger partial charge in [0.15, 0.2) is 8.32 Å². The normalized spacial score (nSPS) is 12.1. The van der Waals surface area contributed by atoms with E-state index in [1.54, 1.807) is 0 Å². The molecule has 16 heavy (non-hydrogen) atoms. The Hall–Kier alpha value is -0.426. The van der Waals surface area contributed by atoms with Crippen molar-refractivity contribution in [1.82, 2.24) is 0 Å². The zero-order valence-electron chi connectivity index (χ0n) is 10.4. The van der Waals surface area contributed by atoms with Crippen LogP contribution in [0.5, 0.6) is 0 Å². The molecule has 0 aliphatic heterocycles. The van der Waals surface area contributed by atoms with Gasteiger partial charge in [-0.2, -0.15) is 0 Å². The molecule has 0 fully saturated rings. The topological polar surface area (TPSA) is 29.5 Å². The van der Waals surface area contributed by atoms with Crippen LogP contribution in [-0.4, -0.2) is 22.4 Å². The summed E-state index contributed by atoms with van der Waals surface area (Å²) in [6.45, 7) is 6.54. The Morgan fingerprint density at radius 2 is 1.56 bits per heavy atom. The molecule has 4 heteroatoms. The Balaban J connectivity index is 2.73. The Morgan fingerprint density at radius 1 is 1.06 bits per heavy atom. The van der Waals surface area contributed by atoms with E-state index in [4.69, 9.17) is 4.12 Å². The Labute approximate surface area is 101 Å². The molecule has 1 N–H and O–H groups in total. The lowest BCUT2D eigenvalue weighted by atomic mass is 10.4. The molecule has 0 saturated carbocycles. The van der Waals surface area contributed by atoms with Gasteiger partial charge in [-0.1, -0.05) is 51.1 Å². The SMILES string of the molecule is CC[Si](CC)(CC)O[Si](O)c1ccccc1. The summed E-state index contributed by atoms with van der Waals surface area (Å²) in [7, 11) is -3.47. The summed E-state index contributed by atoms with van der Waals surface area (Å²) in [5.74, 6) is 0. The molecule has 0 heterocycles. The zero-order valence-corrected chi connectivity index (χ0v) is 12.4. The Morgan fingerprint density at radius 3 is 2.00 bits per heavy atom. The molecule has 1 rings (SSSR count). The molecule has 0 unspecified atom stereocenters. The van der Waals surface area contributed by atoms with Crippen molar-refractivity contribution in [1.29, 1.82) is 0 Å².